The zero-order valence-electron chi connectivity index (χ0n) is 15.2. The smallest absolute Gasteiger partial charge is 0.116 e. The number of imidazole rings is 2. The van der Waals surface area contributed by atoms with Crippen molar-refractivity contribution in [2.45, 2.75) is 50.6 Å². The molecule has 0 atom stereocenters. The van der Waals surface area contributed by atoms with Gasteiger partial charge in [0.05, 0.1) is 23.6 Å². The number of hydrogen-bond acceptors (Lipinski definition) is 5. The Kier molecular flexibility index (Phi) is 4.99. The van der Waals surface area contributed by atoms with E-state index in [0.29, 0.717) is 5.92 Å². The van der Waals surface area contributed by atoms with E-state index in [1.807, 2.05) is 24.8 Å². The second-order valence-electron chi connectivity index (χ2n) is 6.97. The lowest BCUT2D eigenvalue weighted by molar-refractivity contribution is 0.399. The maximum absolute atomic E-state index is 7.00. The minimum atomic E-state index is 0.704. The van der Waals surface area contributed by atoms with E-state index in [0.717, 1.165) is 38.2 Å². The van der Waals surface area contributed by atoms with Gasteiger partial charge in [0.1, 0.15) is 11.6 Å². The molecule has 0 saturated heterocycles. The summed E-state index contributed by atoms with van der Waals surface area (Å²) in [5.41, 5.74) is 2.46. The Bertz CT molecular complexity index is 862. The second kappa shape index (κ2) is 7.55. The third-order valence-corrected chi connectivity index (χ3v) is 5.04. The predicted molar refractivity (Wildman–Crippen MR) is 99.0 cm³/mol. The fraction of sp³-hybridized carbons (Fsp3) is 0.526. The lowest BCUT2D eigenvalue weighted by atomic mass is 10.3. The highest BCUT2D eigenvalue weighted by atomic mass is 16.2. The molecule has 0 radical (unpaired) electrons. The summed E-state index contributed by atoms with van der Waals surface area (Å²) in [5, 5.41) is 10.4. The summed E-state index contributed by atoms with van der Waals surface area (Å²) in [6.07, 6.45) is 14.8. The van der Waals surface area contributed by atoms with Gasteiger partial charge in [-0.25, -0.2) is 9.97 Å². The van der Waals surface area contributed by atoms with Crippen LogP contribution in [-0.2, 0) is 13.1 Å². The summed E-state index contributed by atoms with van der Waals surface area (Å²) in [4.78, 5) is 12.9. The van der Waals surface area contributed by atoms with Crippen LogP contribution in [0, 0.1) is 0 Å². The van der Waals surface area contributed by atoms with Crippen molar-refractivity contribution < 1.29 is 5.11 Å². The number of aliphatic hydroxyl groups is 1. The lowest BCUT2D eigenvalue weighted by Gasteiger charge is -2.17. The van der Waals surface area contributed by atoms with Crippen LogP contribution in [0.15, 0.2) is 31.0 Å². The van der Waals surface area contributed by atoms with Gasteiger partial charge in [-0.05, 0) is 25.7 Å². The Morgan fingerprint density at radius 3 is 2.50 bits per heavy atom. The van der Waals surface area contributed by atoms with Crippen molar-refractivity contribution in [2.75, 3.05) is 13.7 Å². The first-order chi connectivity index (χ1) is 12.9. The van der Waals surface area contributed by atoms with Crippen molar-refractivity contribution in [1.29, 1.82) is 0 Å². The number of nitrogens with zero attached hydrogens (tertiary/aromatic N) is 5. The molecule has 2 saturated carbocycles. The van der Waals surface area contributed by atoms with Gasteiger partial charge >= 0.3 is 0 Å². The predicted octanol–water partition coefficient (Wildman–Crippen LogP) is 2.08. The van der Waals surface area contributed by atoms with Crippen molar-refractivity contribution in [3.05, 3.63) is 48.3 Å². The molecular formula is C19H26N6O. The molecule has 1 aliphatic heterocycles. The third-order valence-electron chi connectivity index (χ3n) is 5.04. The van der Waals surface area contributed by atoms with Crippen molar-refractivity contribution in [2.24, 2.45) is 0 Å². The fourth-order valence-electron chi connectivity index (χ4n) is 3.42. The average Bonchev–Trinajstić information content (AvgIpc) is 3.65. The fourth-order valence-corrected chi connectivity index (χ4v) is 3.42. The maximum Gasteiger partial charge on any atom is 0.116 e. The molecule has 0 unspecified atom stereocenters. The van der Waals surface area contributed by atoms with E-state index >= 15 is 0 Å². The first kappa shape index (κ1) is 17.2. The van der Waals surface area contributed by atoms with Crippen LogP contribution in [-0.4, -0.2) is 42.7 Å². The van der Waals surface area contributed by atoms with Gasteiger partial charge in [-0.15, -0.1) is 0 Å². The molecule has 138 valence electrons. The molecular weight excluding hydrogens is 328 g/mol. The molecule has 7 nitrogen and oxygen atoms in total. The van der Waals surface area contributed by atoms with Crippen LogP contribution in [0.3, 0.4) is 0 Å². The number of rotatable bonds is 2. The summed E-state index contributed by atoms with van der Waals surface area (Å²) in [6.45, 7) is 3.21. The molecule has 26 heavy (non-hydrogen) atoms. The Morgan fingerprint density at radius 2 is 1.73 bits per heavy atom. The molecule has 7 heteroatoms. The monoisotopic (exact) mass is 354 g/mol. The van der Waals surface area contributed by atoms with Crippen LogP contribution >= 0.6 is 0 Å². The zero-order chi connectivity index (χ0) is 17.9. The molecule has 0 amide bonds. The van der Waals surface area contributed by atoms with Gasteiger partial charge in [-0.1, -0.05) is 0 Å². The molecule has 0 bridgehead atoms. The first-order valence-corrected chi connectivity index (χ1v) is 9.37. The average molecular weight is 354 g/mol. The van der Waals surface area contributed by atoms with Gasteiger partial charge in [0.15, 0.2) is 0 Å². The van der Waals surface area contributed by atoms with E-state index in [-0.39, 0.29) is 0 Å². The SMILES string of the molecule is CO.c1cn2c(C3CC3)ncc2cn1.c1nc(C2CC2)n2c1CNCC2. The molecule has 4 heterocycles. The van der Waals surface area contributed by atoms with Crippen LogP contribution in [0.1, 0.15) is 54.9 Å². The molecule has 3 aromatic rings. The highest BCUT2D eigenvalue weighted by Gasteiger charge is 2.29. The minimum absolute atomic E-state index is 0.704. The minimum Gasteiger partial charge on any atom is -0.400 e. The van der Waals surface area contributed by atoms with E-state index in [1.54, 1.807) is 6.20 Å². The van der Waals surface area contributed by atoms with E-state index in [4.69, 9.17) is 5.11 Å². The summed E-state index contributed by atoms with van der Waals surface area (Å²) < 4.78 is 4.53. The van der Waals surface area contributed by atoms with Crippen LogP contribution < -0.4 is 5.32 Å². The summed E-state index contributed by atoms with van der Waals surface area (Å²) in [7, 11) is 1.00. The number of aliphatic hydroxyl groups excluding tert-OH is 1. The van der Waals surface area contributed by atoms with Crippen LogP contribution in [0.2, 0.25) is 0 Å². The molecule has 0 spiro atoms. The molecule has 3 aromatic heterocycles. The lowest BCUT2D eigenvalue weighted by Crippen LogP contribution is -2.28. The molecule has 6 rings (SSSR count). The van der Waals surface area contributed by atoms with Crippen LogP contribution in [0.25, 0.3) is 5.52 Å². The first-order valence-electron chi connectivity index (χ1n) is 9.37. The number of hydrogen-bond donors (Lipinski definition) is 2. The van der Waals surface area contributed by atoms with Crippen molar-refractivity contribution in [3.63, 3.8) is 0 Å². The summed E-state index contributed by atoms with van der Waals surface area (Å²) >= 11 is 0. The van der Waals surface area contributed by atoms with Gasteiger partial charge in [0.25, 0.3) is 0 Å². The third kappa shape index (κ3) is 3.50. The quantitative estimate of drug-likeness (QED) is 0.736. The Balaban J connectivity index is 0.000000118. The standard InChI is InChI=1S/C9H13N3.C9H9N3.CH4O/c2*1-2-7(1)9-11-6-8-5-10-3-4-12(8)9;1-2/h6-7,10H,1-5H2;3-7H,1-2H2;2H,1H3. The van der Waals surface area contributed by atoms with Crippen molar-refractivity contribution >= 4 is 5.52 Å². The molecule has 0 aromatic carbocycles. The maximum atomic E-state index is 7.00. The number of fused-ring (bicyclic) bond motifs is 2. The molecule has 2 N–H and O–H groups in total. The van der Waals surface area contributed by atoms with Gasteiger partial charge in [0.2, 0.25) is 0 Å². The van der Waals surface area contributed by atoms with Crippen LogP contribution in [0.5, 0.6) is 0 Å². The van der Waals surface area contributed by atoms with Gasteiger partial charge in [-0.2, -0.15) is 0 Å². The zero-order valence-corrected chi connectivity index (χ0v) is 15.2. The van der Waals surface area contributed by atoms with Crippen molar-refractivity contribution in [1.82, 2.24) is 29.2 Å². The Morgan fingerprint density at radius 1 is 1.00 bits per heavy atom. The van der Waals surface area contributed by atoms with Crippen LogP contribution in [0.4, 0.5) is 0 Å². The largest absolute Gasteiger partial charge is 0.400 e. The number of aromatic nitrogens is 5. The van der Waals surface area contributed by atoms with E-state index in [2.05, 4.69) is 29.2 Å². The Hall–Kier alpha value is -2.25. The summed E-state index contributed by atoms with van der Waals surface area (Å²) in [6, 6.07) is 0. The second-order valence-corrected chi connectivity index (χ2v) is 6.97. The van der Waals surface area contributed by atoms with E-state index in [9.17, 15) is 0 Å². The van der Waals surface area contributed by atoms with E-state index in [1.165, 1.54) is 43.0 Å². The molecule has 2 aliphatic carbocycles. The molecule has 3 aliphatic rings. The van der Waals surface area contributed by atoms with Gasteiger partial charge in [-0.3, -0.25) is 4.98 Å². The summed E-state index contributed by atoms with van der Waals surface area (Å²) in [5.74, 6) is 4.03. The van der Waals surface area contributed by atoms with Crippen molar-refractivity contribution in [3.8, 4) is 0 Å². The van der Waals surface area contributed by atoms with E-state index < -0.39 is 0 Å². The topological polar surface area (TPSA) is 80.3 Å². The molecule has 2 fully saturated rings. The normalized spacial score (nSPS) is 18.4. The highest BCUT2D eigenvalue weighted by molar-refractivity contribution is 5.43. The highest BCUT2D eigenvalue weighted by Crippen LogP contribution is 2.40. The van der Waals surface area contributed by atoms with Gasteiger partial charge < -0.3 is 19.4 Å². The Labute approximate surface area is 153 Å². The van der Waals surface area contributed by atoms with Gasteiger partial charge in [0, 0.05) is 57.2 Å². The number of nitrogens with one attached hydrogen (secondary N) is 1.